The van der Waals surface area contributed by atoms with E-state index in [1.807, 2.05) is 0 Å². The van der Waals surface area contributed by atoms with E-state index < -0.39 is 4.92 Å². The van der Waals surface area contributed by atoms with Gasteiger partial charge in [-0.15, -0.1) is 0 Å². The highest BCUT2D eigenvalue weighted by Gasteiger charge is 2.07. The van der Waals surface area contributed by atoms with Crippen molar-refractivity contribution in [3.8, 4) is 11.3 Å². The second-order valence-electron chi connectivity index (χ2n) is 3.23. The number of aliphatic hydroxyl groups excluding tert-OH is 1. The van der Waals surface area contributed by atoms with Gasteiger partial charge in [0.2, 0.25) is 0 Å². The smallest absolute Gasteiger partial charge is 0.269 e. The van der Waals surface area contributed by atoms with E-state index in [9.17, 15) is 10.1 Å². The van der Waals surface area contributed by atoms with E-state index in [4.69, 9.17) is 9.52 Å². The van der Waals surface area contributed by atoms with Crippen molar-refractivity contribution in [2.45, 2.75) is 6.61 Å². The lowest BCUT2D eigenvalue weighted by Gasteiger charge is -1.96. The van der Waals surface area contributed by atoms with Gasteiger partial charge in [0.15, 0.2) is 0 Å². The highest BCUT2D eigenvalue weighted by atomic mass is 16.6. The van der Waals surface area contributed by atoms with Crippen molar-refractivity contribution in [2.75, 3.05) is 0 Å². The molecular weight excluding hydrogens is 210 g/mol. The molecule has 0 saturated carbocycles. The molecule has 0 saturated heterocycles. The number of nitro benzene ring substituents is 1. The maximum atomic E-state index is 10.4. The average molecular weight is 219 g/mol. The van der Waals surface area contributed by atoms with E-state index in [0.29, 0.717) is 11.5 Å². The first-order valence-corrected chi connectivity index (χ1v) is 4.65. The van der Waals surface area contributed by atoms with Gasteiger partial charge in [-0.2, -0.15) is 0 Å². The predicted octanol–water partition coefficient (Wildman–Crippen LogP) is 2.35. The summed E-state index contributed by atoms with van der Waals surface area (Å²) in [6.07, 6.45) is 0. The SMILES string of the molecule is O=[N+]([O-])c1ccc(-c2ccc(CO)o2)cc1. The molecule has 0 aliphatic carbocycles. The van der Waals surface area contributed by atoms with Crippen molar-refractivity contribution in [2.24, 2.45) is 0 Å². The summed E-state index contributed by atoms with van der Waals surface area (Å²) in [7, 11) is 0. The monoisotopic (exact) mass is 219 g/mol. The molecule has 5 heteroatoms. The highest BCUT2D eigenvalue weighted by molar-refractivity contribution is 5.59. The zero-order valence-corrected chi connectivity index (χ0v) is 8.29. The van der Waals surface area contributed by atoms with Crippen LogP contribution in [0.25, 0.3) is 11.3 Å². The molecule has 0 amide bonds. The van der Waals surface area contributed by atoms with E-state index in [1.54, 1.807) is 24.3 Å². The number of nitrogens with zero attached hydrogens (tertiary/aromatic N) is 1. The Morgan fingerprint density at radius 3 is 2.38 bits per heavy atom. The number of non-ortho nitro benzene ring substituents is 1. The number of hydrogen-bond donors (Lipinski definition) is 1. The summed E-state index contributed by atoms with van der Waals surface area (Å²) in [5.74, 6) is 1.05. The van der Waals surface area contributed by atoms with Gasteiger partial charge in [-0.1, -0.05) is 0 Å². The fourth-order valence-corrected chi connectivity index (χ4v) is 1.37. The standard InChI is InChI=1S/C11H9NO4/c13-7-10-5-6-11(16-10)8-1-3-9(4-2-8)12(14)15/h1-6,13H,7H2. The third-order valence-electron chi connectivity index (χ3n) is 2.18. The van der Waals surface area contributed by atoms with Crippen LogP contribution < -0.4 is 0 Å². The molecule has 1 heterocycles. The predicted molar refractivity (Wildman–Crippen MR) is 56.7 cm³/mol. The van der Waals surface area contributed by atoms with Crippen molar-refractivity contribution >= 4 is 5.69 Å². The van der Waals surface area contributed by atoms with Gasteiger partial charge >= 0.3 is 0 Å². The summed E-state index contributed by atoms with van der Waals surface area (Å²) in [4.78, 5) is 9.99. The molecule has 1 aromatic heterocycles. The van der Waals surface area contributed by atoms with Gasteiger partial charge in [0.25, 0.3) is 5.69 Å². The van der Waals surface area contributed by atoms with Gasteiger partial charge in [0.1, 0.15) is 18.1 Å². The molecule has 1 aromatic carbocycles. The molecule has 82 valence electrons. The molecule has 0 aliphatic rings. The molecule has 0 unspecified atom stereocenters. The van der Waals surface area contributed by atoms with Crippen LogP contribution in [0, 0.1) is 10.1 Å². The molecule has 0 radical (unpaired) electrons. The van der Waals surface area contributed by atoms with Crippen LogP contribution in [0.2, 0.25) is 0 Å². The zero-order valence-electron chi connectivity index (χ0n) is 8.29. The molecule has 0 aliphatic heterocycles. The maximum Gasteiger partial charge on any atom is 0.269 e. The fourth-order valence-electron chi connectivity index (χ4n) is 1.37. The fraction of sp³-hybridized carbons (Fsp3) is 0.0909. The van der Waals surface area contributed by atoms with Crippen LogP contribution in [0.1, 0.15) is 5.76 Å². The minimum Gasteiger partial charge on any atom is -0.459 e. The topological polar surface area (TPSA) is 76.5 Å². The molecular formula is C11H9NO4. The van der Waals surface area contributed by atoms with Crippen molar-refractivity contribution in [3.05, 3.63) is 52.3 Å². The summed E-state index contributed by atoms with van der Waals surface area (Å²) in [6.45, 7) is -0.160. The van der Waals surface area contributed by atoms with Gasteiger partial charge < -0.3 is 9.52 Å². The number of benzene rings is 1. The Balaban J connectivity index is 2.30. The molecule has 0 spiro atoms. The highest BCUT2D eigenvalue weighted by Crippen LogP contribution is 2.24. The normalized spacial score (nSPS) is 10.3. The molecule has 1 N–H and O–H groups in total. The van der Waals surface area contributed by atoms with Gasteiger partial charge in [-0.25, -0.2) is 0 Å². The van der Waals surface area contributed by atoms with Crippen LogP contribution in [-0.2, 0) is 6.61 Å². The van der Waals surface area contributed by atoms with Gasteiger partial charge in [-0.3, -0.25) is 10.1 Å². The van der Waals surface area contributed by atoms with Crippen LogP contribution in [0.15, 0.2) is 40.8 Å². The minimum atomic E-state index is -0.453. The van der Waals surface area contributed by atoms with Crippen LogP contribution >= 0.6 is 0 Å². The number of furan rings is 1. The molecule has 0 fully saturated rings. The summed E-state index contributed by atoms with van der Waals surface area (Å²) in [5, 5.41) is 19.3. The molecule has 0 bridgehead atoms. The second kappa shape index (κ2) is 4.16. The van der Waals surface area contributed by atoms with Crippen molar-refractivity contribution in [3.63, 3.8) is 0 Å². The zero-order chi connectivity index (χ0) is 11.5. The lowest BCUT2D eigenvalue weighted by atomic mass is 10.1. The number of nitro groups is 1. The summed E-state index contributed by atoms with van der Waals surface area (Å²) >= 11 is 0. The Bertz CT molecular complexity index is 501. The molecule has 2 rings (SSSR count). The van der Waals surface area contributed by atoms with Gasteiger partial charge in [-0.05, 0) is 24.3 Å². The molecule has 16 heavy (non-hydrogen) atoms. The first-order chi connectivity index (χ1) is 7.70. The lowest BCUT2D eigenvalue weighted by molar-refractivity contribution is -0.384. The lowest BCUT2D eigenvalue weighted by Crippen LogP contribution is -1.86. The quantitative estimate of drug-likeness (QED) is 0.634. The van der Waals surface area contributed by atoms with Crippen molar-refractivity contribution in [1.82, 2.24) is 0 Å². The molecule has 5 nitrogen and oxygen atoms in total. The first-order valence-electron chi connectivity index (χ1n) is 4.65. The molecule has 2 aromatic rings. The Morgan fingerprint density at radius 1 is 1.19 bits per heavy atom. The Hall–Kier alpha value is -2.14. The number of aliphatic hydroxyl groups is 1. The third-order valence-corrected chi connectivity index (χ3v) is 2.18. The van der Waals surface area contributed by atoms with E-state index in [-0.39, 0.29) is 12.3 Å². The summed E-state index contributed by atoms with van der Waals surface area (Å²) in [6, 6.07) is 9.42. The minimum absolute atomic E-state index is 0.0395. The third kappa shape index (κ3) is 1.94. The van der Waals surface area contributed by atoms with Crippen LogP contribution in [0.5, 0.6) is 0 Å². The Labute approximate surface area is 91.1 Å². The van der Waals surface area contributed by atoms with Crippen LogP contribution in [0.3, 0.4) is 0 Å². The van der Waals surface area contributed by atoms with E-state index in [1.165, 1.54) is 12.1 Å². The van der Waals surface area contributed by atoms with Crippen LogP contribution in [0.4, 0.5) is 5.69 Å². The van der Waals surface area contributed by atoms with E-state index in [2.05, 4.69) is 0 Å². The first kappa shape index (κ1) is 10.4. The maximum absolute atomic E-state index is 10.4. The number of hydrogen-bond acceptors (Lipinski definition) is 4. The molecule has 0 atom stereocenters. The van der Waals surface area contributed by atoms with Crippen LogP contribution in [-0.4, -0.2) is 10.0 Å². The largest absolute Gasteiger partial charge is 0.459 e. The second-order valence-corrected chi connectivity index (χ2v) is 3.23. The Kier molecular flexibility index (Phi) is 2.70. The summed E-state index contributed by atoms with van der Waals surface area (Å²) < 4.78 is 5.30. The van der Waals surface area contributed by atoms with Crippen molar-refractivity contribution in [1.29, 1.82) is 0 Å². The number of rotatable bonds is 3. The van der Waals surface area contributed by atoms with Gasteiger partial charge in [0.05, 0.1) is 4.92 Å². The van der Waals surface area contributed by atoms with Gasteiger partial charge in [0, 0.05) is 17.7 Å². The average Bonchev–Trinajstić information content (AvgIpc) is 2.77. The summed E-state index contributed by atoms with van der Waals surface area (Å²) in [5.41, 5.74) is 0.781. The van der Waals surface area contributed by atoms with Crippen molar-refractivity contribution < 1.29 is 14.4 Å². The van der Waals surface area contributed by atoms with E-state index >= 15 is 0 Å². The Morgan fingerprint density at radius 2 is 1.88 bits per heavy atom. The van der Waals surface area contributed by atoms with E-state index in [0.717, 1.165) is 5.56 Å².